The summed E-state index contributed by atoms with van der Waals surface area (Å²) in [7, 11) is 0. The molecule has 2 aliphatic heterocycles. The van der Waals surface area contributed by atoms with Gasteiger partial charge in [-0.3, -0.25) is 20.4 Å². The van der Waals surface area contributed by atoms with Gasteiger partial charge in [0, 0.05) is 61.8 Å². The fourth-order valence-electron chi connectivity index (χ4n) is 9.15. The van der Waals surface area contributed by atoms with Gasteiger partial charge in [0.15, 0.2) is 0 Å². The number of anilines is 6. The number of phenols is 1. The second-order valence-corrected chi connectivity index (χ2v) is 19.6. The Morgan fingerprint density at radius 3 is 1.52 bits per heavy atom. The number of nitriles is 2. The minimum atomic E-state index is -0.559. The molecule has 4 aromatic carbocycles. The van der Waals surface area contributed by atoms with E-state index in [9.17, 15) is 25.2 Å². The van der Waals surface area contributed by atoms with E-state index in [1.54, 1.807) is 57.8 Å². The van der Waals surface area contributed by atoms with Gasteiger partial charge >= 0.3 is 18.2 Å². The Labute approximate surface area is 509 Å². The lowest BCUT2D eigenvalue weighted by molar-refractivity contribution is 0.0288. The van der Waals surface area contributed by atoms with Crippen molar-refractivity contribution in [1.82, 2.24) is 69.4 Å². The number of aryl methyl sites for hydroxylation is 2. The molecule has 8 heterocycles. The number of carbonyl (C=O) groups excluding carboxylic acids is 2. The Morgan fingerprint density at radius 2 is 1.07 bits per heavy atom. The molecule has 0 spiro atoms. The highest BCUT2D eigenvalue weighted by molar-refractivity contribution is 6.28. The summed E-state index contributed by atoms with van der Waals surface area (Å²) in [5.41, 5.74) is 8.65. The van der Waals surface area contributed by atoms with E-state index in [-0.39, 0.29) is 37.7 Å². The zero-order chi connectivity index (χ0) is 60.5. The molecule has 2 saturated heterocycles. The number of aromatic nitrogens is 12. The van der Waals surface area contributed by atoms with Crippen molar-refractivity contribution in [3.8, 4) is 41.0 Å². The Morgan fingerprint density at radius 1 is 0.625 bits per heavy atom. The van der Waals surface area contributed by atoms with Gasteiger partial charge in [-0.1, -0.05) is 54.0 Å². The number of aromatic hydroxyl groups is 1. The Balaban J connectivity index is 0.000000179. The molecule has 452 valence electrons. The largest absolute Gasteiger partial charge is 0.508 e. The normalized spacial score (nSPS) is 13.1. The van der Waals surface area contributed by atoms with Crippen LogP contribution in [0.25, 0.3) is 22.4 Å². The third-order valence-electron chi connectivity index (χ3n) is 13.7. The molecular weight excluding hydrogens is 1150 g/mol. The van der Waals surface area contributed by atoms with E-state index in [2.05, 4.69) is 84.5 Å². The number of para-hydroxylation sites is 2. The standard InChI is InChI=1S/C29H28N10O4.C22H24N6O4.C7H5ClN4.CH4/c1-20-25(33-29(40)42-16-13-37-11-14-41-15-12-37)19-38-27(20)26(21(17-30)18-31-38)32-22-7-9-24(10-8-22)43-28-34-35-36-39(28)23-5-3-2-4-6-23;1-15-19(26-22(30)32-11-8-27-6-9-31-10-7-27)14-28-21(15)20(16(12-23)13-24-28)25-17-2-4-18(29)5-3-17;8-7-9-10-11-12(7)6-4-2-1-3-5-6;/h2-10,18-19,32H,11-16H2,1H3,(H,33,40);2-5,13-14,25,29H,6-11H2,1H3,(H,26,30);1-5H;1H4. The molecule has 0 saturated carbocycles. The number of halogens is 1. The average molecular weight is 1210 g/mol. The summed E-state index contributed by atoms with van der Waals surface area (Å²) in [6.45, 7) is 11.6. The van der Waals surface area contributed by atoms with Crippen molar-refractivity contribution in [2.75, 3.05) is 100 Å². The van der Waals surface area contributed by atoms with E-state index in [1.807, 2.05) is 86.6 Å². The van der Waals surface area contributed by atoms with Gasteiger partial charge in [-0.05, 0) is 119 Å². The predicted octanol–water partition coefficient (Wildman–Crippen LogP) is 8.70. The lowest BCUT2D eigenvalue weighted by Crippen LogP contribution is -2.38. The highest BCUT2D eigenvalue weighted by Gasteiger charge is 2.21. The van der Waals surface area contributed by atoms with Crippen LogP contribution >= 0.6 is 11.6 Å². The number of nitrogens with one attached hydrogen (secondary N) is 4. The number of phenolic OH excluding ortho intramolecular Hbond substituents is 1. The van der Waals surface area contributed by atoms with Crippen LogP contribution in [0.5, 0.6) is 17.5 Å². The van der Waals surface area contributed by atoms with Gasteiger partial charge in [0.2, 0.25) is 5.28 Å². The van der Waals surface area contributed by atoms with Crippen molar-refractivity contribution in [3.63, 3.8) is 0 Å². The third-order valence-corrected chi connectivity index (χ3v) is 13.9. The zero-order valence-corrected chi connectivity index (χ0v) is 47.8. The van der Waals surface area contributed by atoms with Crippen LogP contribution in [0.15, 0.2) is 134 Å². The van der Waals surface area contributed by atoms with Crippen LogP contribution in [0.2, 0.25) is 5.28 Å². The van der Waals surface area contributed by atoms with E-state index in [0.717, 1.165) is 48.7 Å². The van der Waals surface area contributed by atoms with Gasteiger partial charge in [-0.25, -0.2) is 18.6 Å². The Bertz CT molecular complexity index is 4020. The maximum Gasteiger partial charge on any atom is 0.411 e. The molecule has 28 nitrogen and oxygen atoms in total. The minimum Gasteiger partial charge on any atom is -0.508 e. The number of morpholine rings is 2. The van der Waals surface area contributed by atoms with E-state index < -0.39 is 12.2 Å². The molecular formula is C59H61ClN20O8. The first kappa shape index (κ1) is 61.8. The van der Waals surface area contributed by atoms with Gasteiger partial charge in [0.05, 0.1) is 107 Å². The van der Waals surface area contributed by atoms with E-state index in [4.69, 9.17) is 35.3 Å². The summed E-state index contributed by atoms with van der Waals surface area (Å²) in [5, 5.41) is 72.3. The van der Waals surface area contributed by atoms with Crippen molar-refractivity contribution in [3.05, 3.63) is 162 Å². The van der Waals surface area contributed by atoms with Gasteiger partial charge in [-0.2, -0.15) is 30.1 Å². The molecule has 88 heavy (non-hydrogen) atoms. The van der Waals surface area contributed by atoms with Gasteiger partial charge in [0.1, 0.15) is 36.9 Å². The average Bonchev–Trinajstić information content (AvgIpc) is 2.05. The smallest absolute Gasteiger partial charge is 0.411 e. The summed E-state index contributed by atoms with van der Waals surface area (Å²) >= 11 is 5.70. The van der Waals surface area contributed by atoms with E-state index in [0.29, 0.717) is 102 Å². The van der Waals surface area contributed by atoms with Crippen molar-refractivity contribution in [2.24, 2.45) is 0 Å². The molecule has 0 aliphatic carbocycles. The fraction of sp³-hybridized carbons (Fsp3) is 0.254. The van der Waals surface area contributed by atoms with Crippen molar-refractivity contribution in [1.29, 1.82) is 10.5 Å². The molecule has 2 fully saturated rings. The quantitative estimate of drug-likeness (QED) is 0.0564. The second-order valence-electron chi connectivity index (χ2n) is 19.3. The lowest BCUT2D eigenvalue weighted by atomic mass is 10.1. The number of carbonyl (C=O) groups is 2. The number of fused-ring (bicyclic) bond motifs is 2. The third kappa shape index (κ3) is 15.6. The zero-order valence-electron chi connectivity index (χ0n) is 47.0. The number of hydrogen-bond acceptors (Lipinski definition) is 22. The number of benzene rings is 4. The van der Waals surface area contributed by atoms with Gasteiger partial charge in [0.25, 0.3) is 0 Å². The Kier molecular flexibility index (Phi) is 21.0. The Hall–Kier alpha value is -10.8. The van der Waals surface area contributed by atoms with Crippen molar-refractivity contribution >= 4 is 68.9 Å². The molecule has 29 heteroatoms. The van der Waals surface area contributed by atoms with Crippen LogP contribution in [0.3, 0.4) is 0 Å². The molecule has 10 aromatic rings. The number of amides is 2. The molecule has 0 bridgehead atoms. The summed E-state index contributed by atoms with van der Waals surface area (Å²) in [6, 6.07) is 37.1. The highest BCUT2D eigenvalue weighted by atomic mass is 35.5. The van der Waals surface area contributed by atoms with Gasteiger partial charge < -0.3 is 39.4 Å². The molecule has 2 amide bonds. The lowest BCUT2D eigenvalue weighted by Gasteiger charge is -2.26. The topological polar surface area (TPSA) is 324 Å². The number of hydrogen-bond donors (Lipinski definition) is 5. The van der Waals surface area contributed by atoms with Crippen LogP contribution in [0, 0.1) is 36.5 Å². The number of nitrogens with zero attached hydrogens (tertiary/aromatic N) is 16. The predicted molar refractivity (Wildman–Crippen MR) is 325 cm³/mol. The first-order valence-electron chi connectivity index (χ1n) is 27.3. The van der Waals surface area contributed by atoms with Crippen LogP contribution in [-0.2, 0) is 18.9 Å². The molecule has 6 aromatic heterocycles. The number of ether oxygens (including phenoxy) is 5. The van der Waals surface area contributed by atoms with Crippen LogP contribution < -0.4 is 26.0 Å². The molecule has 0 radical (unpaired) electrons. The number of tetrazole rings is 2. The van der Waals surface area contributed by atoms with Crippen LogP contribution in [0.1, 0.15) is 29.7 Å². The fourth-order valence-corrected chi connectivity index (χ4v) is 9.32. The SMILES string of the molecule is C.Cc1c(NC(=O)OCCN2CCOCC2)cn2ncc(C#N)c(Nc3ccc(O)cc3)c12.Cc1c(NC(=O)OCCN2CCOCC2)cn2ncc(C#N)c(Nc3ccc(Oc4nnnn4-c4ccccc4)cc3)c12.Clc1nnnn1-c1ccccc1. The molecule has 5 N–H and O–H groups in total. The molecule has 0 atom stereocenters. The van der Waals surface area contributed by atoms with Crippen molar-refractivity contribution < 1.29 is 38.4 Å². The van der Waals surface area contributed by atoms with E-state index >= 15 is 0 Å². The second kappa shape index (κ2) is 29.9. The minimum absolute atomic E-state index is 0. The summed E-state index contributed by atoms with van der Waals surface area (Å²) < 4.78 is 33.5. The number of rotatable bonds is 16. The molecule has 0 unspecified atom stereocenters. The molecule has 2 aliphatic rings. The maximum atomic E-state index is 12.5. The summed E-state index contributed by atoms with van der Waals surface area (Å²) in [4.78, 5) is 29.2. The first-order chi connectivity index (χ1) is 42.5. The van der Waals surface area contributed by atoms with Crippen LogP contribution in [0.4, 0.5) is 43.7 Å². The van der Waals surface area contributed by atoms with E-state index in [1.165, 1.54) is 21.8 Å². The molecule has 12 rings (SSSR count). The highest BCUT2D eigenvalue weighted by Crippen LogP contribution is 2.35. The van der Waals surface area contributed by atoms with Gasteiger partial charge in [-0.15, -0.1) is 0 Å². The summed E-state index contributed by atoms with van der Waals surface area (Å²) in [5.74, 6) is 0.670. The summed E-state index contributed by atoms with van der Waals surface area (Å²) in [6.07, 6.45) is 5.19. The monoisotopic (exact) mass is 1210 g/mol. The van der Waals surface area contributed by atoms with Crippen molar-refractivity contribution in [2.45, 2.75) is 21.3 Å². The van der Waals surface area contributed by atoms with Crippen LogP contribution in [-0.4, -0.2) is 166 Å². The first-order valence-corrected chi connectivity index (χ1v) is 27.6. The maximum absolute atomic E-state index is 12.5.